The summed E-state index contributed by atoms with van der Waals surface area (Å²) in [6.45, 7) is 2.81. The Bertz CT molecular complexity index is 868. The van der Waals surface area contributed by atoms with Crippen LogP contribution in [0.3, 0.4) is 0 Å². The summed E-state index contributed by atoms with van der Waals surface area (Å²) in [6.07, 6.45) is -0.731. The van der Waals surface area contributed by atoms with Crippen LogP contribution >= 0.6 is 0 Å². The minimum atomic E-state index is -0.731. The Morgan fingerprint density at radius 2 is 1.65 bits per heavy atom. The van der Waals surface area contributed by atoms with Crippen LogP contribution in [0.15, 0.2) is 54.6 Å². The summed E-state index contributed by atoms with van der Waals surface area (Å²) in [4.78, 5) is 28.2. The fraction of sp³-hybridized carbons (Fsp3) is 0.167. The molecule has 0 spiro atoms. The number of aromatic nitrogens is 2. The molecule has 23 heavy (non-hydrogen) atoms. The molecule has 0 aliphatic rings. The van der Waals surface area contributed by atoms with Gasteiger partial charge < -0.3 is 4.74 Å². The van der Waals surface area contributed by atoms with Gasteiger partial charge in [0.25, 0.3) is 0 Å². The first-order valence-corrected chi connectivity index (χ1v) is 7.28. The van der Waals surface area contributed by atoms with Crippen LogP contribution in [0.4, 0.5) is 0 Å². The van der Waals surface area contributed by atoms with Gasteiger partial charge in [-0.2, -0.15) is 0 Å². The molecular weight excluding hydrogens is 292 g/mol. The molecule has 5 nitrogen and oxygen atoms in total. The molecule has 1 atom stereocenters. The molecule has 0 radical (unpaired) electrons. The largest absolute Gasteiger partial charge is 0.449 e. The maximum Gasteiger partial charge on any atom is 0.303 e. The summed E-state index contributed by atoms with van der Waals surface area (Å²) in [6, 6.07) is 16.6. The summed E-state index contributed by atoms with van der Waals surface area (Å²) in [7, 11) is 0. The highest BCUT2D eigenvalue weighted by atomic mass is 16.5. The van der Waals surface area contributed by atoms with Crippen LogP contribution in [0.5, 0.6) is 0 Å². The molecule has 1 aromatic heterocycles. The summed E-state index contributed by atoms with van der Waals surface area (Å²) < 4.78 is 6.96. The van der Waals surface area contributed by atoms with Gasteiger partial charge in [0, 0.05) is 19.4 Å². The third-order valence-corrected chi connectivity index (χ3v) is 3.52. The zero-order chi connectivity index (χ0) is 16.4. The van der Waals surface area contributed by atoms with Gasteiger partial charge in [0.2, 0.25) is 5.91 Å². The number of fused-ring (bicyclic) bond motifs is 1. The lowest BCUT2D eigenvalue weighted by Gasteiger charge is -2.17. The van der Waals surface area contributed by atoms with Gasteiger partial charge in [-0.3, -0.25) is 14.2 Å². The Morgan fingerprint density at radius 3 is 2.30 bits per heavy atom. The molecule has 2 aromatic carbocycles. The molecule has 0 amide bonds. The minimum absolute atomic E-state index is 0.179. The van der Waals surface area contributed by atoms with E-state index in [1.165, 1.54) is 18.4 Å². The third-order valence-electron chi connectivity index (χ3n) is 3.52. The predicted molar refractivity (Wildman–Crippen MR) is 86.1 cm³/mol. The highest BCUT2D eigenvalue weighted by molar-refractivity contribution is 5.90. The Kier molecular flexibility index (Phi) is 3.93. The Labute approximate surface area is 133 Å². The van der Waals surface area contributed by atoms with Crippen LogP contribution in [0, 0.1) is 0 Å². The van der Waals surface area contributed by atoms with Crippen molar-refractivity contribution in [3.8, 4) is 0 Å². The number of rotatable bonds is 3. The van der Waals surface area contributed by atoms with Gasteiger partial charge in [-0.25, -0.2) is 4.98 Å². The van der Waals surface area contributed by atoms with Crippen molar-refractivity contribution in [2.24, 2.45) is 0 Å². The van der Waals surface area contributed by atoms with E-state index in [4.69, 9.17) is 4.74 Å². The van der Waals surface area contributed by atoms with Gasteiger partial charge in [-0.15, -0.1) is 0 Å². The van der Waals surface area contributed by atoms with E-state index >= 15 is 0 Å². The number of para-hydroxylation sites is 2. The molecule has 116 valence electrons. The second-order valence-electron chi connectivity index (χ2n) is 5.21. The predicted octanol–water partition coefficient (Wildman–Crippen LogP) is 3.35. The molecule has 0 saturated carbocycles. The first kappa shape index (κ1) is 15.0. The van der Waals surface area contributed by atoms with Crippen molar-refractivity contribution in [2.45, 2.75) is 20.0 Å². The smallest absolute Gasteiger partial charge is 0.303 e. The number of esters is 1. The van der Waals surface area contributed by atoms with Crippen molar-refractivity contribution in [3.63, 3.8) is 0 Å². The molecule has 0 N–H and O–H groups in total. The Morgan fingerprint density at radius 1 is 1.00 bits per heavy atom. The van der Waals surface area contributed by atoms with Crippen molar-refractivity contribution in [2.75, 3.05) is 0 Å². The molecular formula is C18H16N2O3. The van der Waals surface area contributed by atoms with Gasteiger partial charge in [0.15, 0.2) is 11.9 Å². The van der Waals surface area contributed by atoms with Crippen LogP contribution in [0.2, 0.25) is 0 Å². The minimum Gasteiger partial charge on any atom is -0.449 e. The molecule has 1 heterocycles. The third kappa shape index (κ3) is 2.85. The molecule has 1 unspecified atom stereocenters. The van der Waals surface area contributed by atoms with Crippen LogP contribution in [0.25, 0.3) is 11.0 Å². The fourth-order valence-electron chi connectivity index (χ4n) is 2.62. The first-order valence-electron chi connectivity index (χ1n) is 7.28. The number of hydrogen-bond acceptors (Lipinski definition) is 4. The Balaban J connectivity index is 2.23. The summed E-state index contributed by atoms with van der Waals surface area (Å²) >= 11 is 0. The lowest BCUT2D eigenvalue weighted by molar-refractivity contribution is -0.145. The van der Waals surface area contributed by atoms with E-state index in [1.807, 2.05) is 54.6 Å². The fourth-order valence-corrected chi connectivity index (χ4v) is 2.62. The van der Waals surface area contributed by atoms with Gasteiger partial charge in [-0.1, -0.05) is 42.5 Å². The van der Waals surface area contributed by atoms with E-state index < -0.39 is 12.1 Å². The summed E-state index contributed by atoms with van der Waals surface area (Å²) in [5, 5.41) is 0. The summed E-state index contributed by atoms with van der Waals surface area (Å²) in [5.41, 5.74) is 2.15. The lowest BCUT2D eigenvalue weighted by Crippen LogP contribution is -2.18. The number of carbonyl (C=O) groups excluding carboxylic acids is 2. The number of nitrogens with zero attached hydrogens (tertiary/aromatic N) is 2. The van der Waals surface area contributed by atoms with Crippen molar-refractivity contribution in [1.82, 2.24) is 9.55 Å². The molecule has 3 aromatic rings. The van der Waals surface area contributed by atoms with Crippen molar-refractivity contribution in [3.05, 3.63) is 66.0 Å². The maximum atomic E-state index is 12.1. The van der Waals surface area contributed by atoms with E-state index in [-0.39, 0.29) is 5.91 Å². The normalized spacial score (nSPS) is 12.1. The molecule has 0 bridgehead atoms. The SMILES string of the molecule is CC(=O)OC(c1ccccc1)c1nc2ccccc2n1C(C)=O. The van der Waals surface area contributed by atoms with E-state index in [1.54, 1.807) is 0 Å². The standard InChI is InChI=1S/C18H16N2O3/c1-12(21)20-16-11-7-6-10-15(16)19-18(20)17(23-13(2)22)14-8-4-3-5-9-14/h3-11,17H,1-2H3. The molecule has 0 aliphatic carbocycles. The van der Waals surface area contributed by atoms with Crippen LogP contribution < -0.4 is 0 Å². The maximum absolute atomic E-state index is 12.1. The van der Waals surface area contributed by atoms with E-state index in [0.717, 1.165) is 5.56 Å². The zero-order valence-electron chi connectivity index (χ0n) is 12.9. The molecule has 0 fully saturated rings. The molecule has 0 saturated heterocycles. The van der Waals surface area contributed by atoms with Gasteiger partial charge in [0.1, 0.15) is 0 Å². The lowest BCUT2D eigenvalue weighted by atomic mass is 10.1. The summed E-state index contributed by atoms with van der Waals surface area (Å²) in [5.74, 6) is -0.206. The second-order valence-corrected chi connectivity index (χ2v) is 5.21. The number of hydrogen-bond donors (Lipinski definition) is 0. The molecule has 0 aliphatic heterocycles. The number of carbonyl (C=O) groups is 2. The average molecular weight is 308 g/mol. The zero-order valence-corrected chi connectivity index (χ0v) is 12.9. The van der Waals surface area contributed by atoms with E-state index in [9.17, 15) is 9.59 Å². The number of imidazole rings is 1. The van der Waals surface area contributed by atoms with Crippen LogP contribution in [-0.4, -0.2) is 21.4 Å². The first-order chi connectivity index (χ1) is 11.1. The van der Waals surface area contributed by atoms with E-state index in [2.05, 4.69) is 4.98 Å². The second kappa shape index (κ2) is 6.04. The highest BCUT2D eigenvalue weighted by Gasteiger charge is 2.26. The van der Waals surface area contributed by atoms with Gasteiger partial charge in [0.05, 0.1) is 11.0 Å². The molecule has 3 rings (SSSR count). The van der Waals surface area contributed by atoms with Crippen molar-refractivity contribution in [1.29, 1.82) is 0 Å². The van der Waals surface area contributed by atoms with E-state index in [0.29, 0.717) is 16.9 Å². The molecule has 5 heteroatoms. The topological polar surface area (TPSA) is 61.2 Å². The van der Waals surface area contributed by atoms with Crippen molar-refractivity contribution < 1.29 is 14.3 Å². The van der Waals surface area contributed by atoms with Crippen LogP contribution in [-0.2, 0) is 9.53 Å². The average Bonchev–Trinajstić information content (AvgIpc) is 2.92. The van der Waals surface area contributed by atoms with Gasteiger partial charge >= 0.3 is 5.97 Å². The Hall–Kier alpha value is -2.95. The van der Waals surface area contributed by atoms with Gasteiger partial charge in [-0.05, 0) is 12.1 Å². The number of ether oxygens (including phenoxy) is 1. The number of benzene rings is 2. The quantitative estimate of drug-likeness (QED) is 0.696. The highest BCUT2D eigenvalue weighted by Crippen LogP contribution is 2.28. The monoisotopic (exact) mass is 308 g/mol. The van der Waals surface area contributed by atoms with Crippen LogP contribution in [0.1, 0.15) is 36.1 Å². The van der Waals surface area contributed by atoms with Crippen molar-refractivity contribution >= 4 is 22.9 Å².